The second-order valence-corrected chi connectivity index (χ2v) is 6.90. The molecule has 0 radical (unpaired) electrons. The minimum absolute atomic E-state index is 0.645. The van der Waals surface area contributed by atoms with Gasteiger partial charge in [-0.25, -0.2) is 0 Å². The Hall–Kier alpha value is -0.400. The monoisotopic (exact) mass is 374 g/mol. The highest BCUT2D eigenvalue weighted by Crippen LogP contribution is 2.42. The quantitative estimate of drug-likeness (QED) is 0.498. The molecule has 2 rings (SSSR count). The highest BCUT2D eigenvalue weighted by Gasteiger charge is 2.17. The van der Waals surface area contributed by atoms with Gasteiger partial charge in [-0.1, -0.05) is 66.7 Å². The summed E-state index contributed by atoms with van der Waals surface area (Å²) in [6, 6.07) is 7.44. The molecule has 0 saturated carbocycles. The van der Waals surface area contributed by atoms with Crippen molar-refractivity contribution in [1.29, 1.82) is 0 Å². The van der Waals surface area contributed by atoms with Crippen LogP contribution in [0.5, 0.6) is 0 Å². The number of unbranched alkanes of at least 4 members (excludes halogenated alkanes) is 1. The highest BCUT2D eigenvalue weighted by atomic mass is 35.5. The summed E-state index contributed by atoms with van der Waals surface area (Å²) >= 11 is 25.7. The third kappa shape index (κ3) is 3.74. The Kier molecular flexibility index (Phi) is 6.46. The number of halogens is 4. The summed E-state index contributed by atoms with van der Waals surface area (Å²) in [6.07, 6.45) is 3.87. The van der Waals surface area contributed by atoms with Crippen molar-refractivity contribution in [3.63, 3.8) is 0 Å². The maximum atomic E-state index is 6.64. The van der Waals surface area contributed by atoms with Gasteiger partial charge >= 0.3 is 0 Å². The molecule has 0 unspecified atom stereocenters. The molecule has 0 aliphatic carbocycles. The molecule has 22 heavy (non-hydrogen) atoms. The van der Waals surface area contributed by atoms with E-state index in [9.17, 15) is 0 Å². The summed E-state index contributed by atoms with van der Waals surface area (Å²) in [4.78, 5) is 0. The fourth-order valence-corrected chi connectivity index (χ4v) is 3.72. The van der Waals surface area contributed by atoms with Crippen molar-refractivity contribution in [2.24, 2.45) is 0 Å². The zero-order chi connectivity index (χ0) is 16.3. The lowest BCUT2D eigenvalue weighted by Crippen LogP contribution is -1.95. The van der Waals surface area contributed by atoms with E-state index in [0.717, 1.165) is 53.0 Å². The summed E-state index contributed by atoms with van der Waals surface area (Å²) in [5.74, 6) is 0. The van der Waals surface area contributed by atoms with Gasteiger partial charge in [0.15, 0.2) is 0 Å². The van der Waals surface area contributed by atoms with Crippen molar-refractivity contribution < 1.29 is 0 Å². The molecule has 0 atom stereocenters. The first-order chi connectivity index (χ1) is 10.5. The Morgan fingerprint density at radius 3 is 2.23 bits per heavy atom. The molecule has 0 aliphatic rings. The second kappa shape index (κ2) is 7.93. The molecule has 0 saturated heterocycles. The van der Waals surface area contributed by atoms with E-state index in [0.29, 0.717) is 15.1 Å². The zero-order valence-electron chi connectivity index (χ0n) is 12.6. The van der Waals surface area contributed by atoms with Gasteiger partial charge in [0.1, 0.15) is 0 Å². The van der Waals surface area contributed by atoms with Crippen molar-refractivity contribution in [3.05, 3.63) is 55.5 Å². The van der Waals surface area contributed by atoms with Crippen LogP contribution in [0.4, 0.5) is 0 Å². The molecule has 0 nitrogen and oxygen atoms in total. The van der Waals surface area contributed by atoms with Crippen LogP contribution in [0.3, 0.4) is 0 Å². The molecule has 0 spiro atoms. The maximum Gasteiger partial charge on any atom is 0.0518 e. The summed E-state index contributed by atoms with van der Waals surface area (Å²) in [6.45, 7) is 4.21. The van der Waals surface area contributed by atoms with Crippen molar-refractivity contribution in [1.82, 2.24) is 0 Å². The molecule has 0 N–H and O–H groups in total. The molecule has 0 bridgehead atoms. The Labute approximate surface area is 152 Å². The Morgan fingerprint density at radius 2 is 1.59 bits per heavy atom. The van der Waals surface area contributed by atoms with Crippen LogP contribution in [-0.4, -0.2) is 0 Å². The standard InChI is InChI=1S/C18H18Cl4/c1-3-5-6-11-9-12(19)10-14(18(11)22)17-13(4-2)15(20)7-8-16(17)21/h7-10H,3-6H2,1-2H3. The van der Waals surface area contributed by atoms with E-state index in [4.69, 9.17) is 46.4 Å². The van der Waals surface area contributed by atoms with Crippen LogP contribution in [0.1, 0.15) is 37.8 Å². The summed E-state index contributed by atoms with van der Waals surface area (Å²) < 4.78 is 0. The van der Waals surface area contributed by atoms with Gasteiger partial charge in [0.05, 0.1) is 5.02 Å². The van der Waals surface area contributed by atoms with Crippen molar-refractivity contribution in [2.75, 3.05) is 0 Å². The average molecular weight is 376 g/mol. The van der Waals surface area contributed by atoms with E-state index in [1.165, 1.54) is 0 Å². The molecule has 4 heteroatoms. The minimum atomic E-state index is 0.645. The van der Waals surface area contributed by atoms with Crippen LogP contribution in [0.2, 0.25) is 20.1 Å². The second-order valence-electron chi connectivity index (χ2n) is 5.27. The van der Waals surface area contributed by atoms with Crippen LogP contribution in [0.25, 0.3) is 11.1 Å². The number of hydrogen-bond acceptors (Lipinski definition) is 0. The molecule has 0 fully saturated rings. The lowest BCUT2D eigenvalue weighted by atomic mass is 9.95. The predicted octanol–water partition coefficient (Wildman–Crippen LogP) is 7.87. The molecule has 118 valence electrons. The topological polar surface area (TPSA) is 0 Å². The minimum Gasteiger partial charge on any atom is -0.0843 e. The van der Waals surface area contributed by atoms with Crippen LogP contribution >= 0.6 is 46.4 Å². The van der Waals surface area contributed by atoms with Crippen LogP contribution in [0, 0.1) is 0 Å². The predicted molar refractivity (Wildman–Crippen MR) is 99.9 cm³/mol. The van der Waals surface area contributed by atoms with E-state index in [1.807, 2.05) is 18.2 Å². The number of hydrogen-bond donors (Lipinski definition) is 0. The normalized spacial score (nSPS) is 11.0. The largest absolute Gasteiger partial charge is 0.0843 e. The molecule has 0 aliphatic heterocycles. The molecule has 2 aromatic rings. The SMILES string of the molecule is CCCCc1cc(Cl)cc(-c2c(Cl)ccc(Cl)c2CC)c1Cl. The van der Waals surface area contributed by atoms with Gasteiger partial charge in [-0.15, -0.1) is 0 Å². The molecule has 0 amide bonds. The van der Waals surface area contributed by atoms with Gasteiger partial charge in [0.25, 0.3) is 0 Å². The van der Waals surface area contributed by atoms with E-state index in [-0.39, 0.29) is 0 Å². The Morgan fingerprint density at radius 1 is 0.909 bits per heavy atom. The first kappa shape index (κ1) is 17.9. The van der Waals surface area contributed by atoms with Crippen molar-refractivity contribution in [2.45, 2.75) is 39.5 Å². The zero-order valence-corrected chi connectivity index (χ0v) is 15.7. The van der Waals surface area contributed by atoms with Crippen LogP contribution in [-0.2, 0) is 12.8 Å². The van der Waals surface area contributed by atoms with E-state index in [2.05, 4.69) is 13.8 Å². The third-order valence-corrected chi connectivity index (χ3v) is 5.07. The lowest BCUT2D eigenvalue weighted by molar-refractivity contribution is 0.795. The van der Waals surface area contributed by atoms with Gasteiger partial charge in [0.2, 0.25) is 0 Å². The van der Waals surface area contributed by atoms with Gasteiger partial charge in [-0.2, -0.15) is 0 Å². The molecule has 0 heterocycles. The smallest absolute Gasteiger partial charge is 0.0518 e. The number of aryl methyl sites for hydroxylation is 1. The Balaban J connectivity index is 2.68. The van der Waals surface area contributed by atoms with Crippen LogP contribution in [0.15, 0.2) is 24.3 Å². The van der Waals surface area contributed by atoms with Gasteiger partial charge in [-0.05, 0) is 54.7 Å². The van der Waals surface area contributed by atoms with Gasteiger partial charge in [0, 0.05) is 26.2 Å². The third-order valence-electron chi connectivity index (χ3n) is 3.74. The van der Waals surface area contributed by atoms with Gasteiger partial charge < -0.3 is 0 Å². The molecular formula is C18H18Cl4. The van der Waals surface area contributed by atoms with Crippen molar-refractivity contribution in [3.8, 4) is 11.1 Å². The number of rotatable bonds is 5. The molecule has 0 aromatic heterocycles. The highest BCUT2D eigenvalue weighted by molar-refractivity contribution is 6.39. The maximum absolute atomic E-state index is 6.64. The lowest BCUT2D eigenvalue weighted by Gasteiger charge is -2.16. The fourth-order valence-electron chi connectivity index (χ4n) is 2.61. The fraction of sp³-hybridized carbons (Fsp3) is 0.333. The van der Waals surface area contributed by atoms with E-state index in [1.54, 1.807) is 6.07 Å². The summed E-state index contributed by atoms with van der Waals surface area (Å²) in [5.41, 5.74) is 3.82. The summed E-state index contributed by atoms with van der Waals surface area (Å²) in [5, 5.41) is 2.74. The molecular weight excluding hydrogens is 358 g/mol. The van der Waals surface area contributed by atoms with E-state index < -0.39 is 0 Å². The summed E-state index contributed by atoms with van der Waals surface area (Å²) in [7, 11) is 0. The number of benzene rings is 2. The first-order valence-corrected chi connectivity index (χ1v) is 8.95. The van der Waals surface area contributed by atoms with Crippen LogP contribution < -0.4 is 0 Å². The molecule has 2 aromatic carbocycles. The van der Waals surface area contributed by atoms with Crippen molar-refractivity contribution >= 4 is 46.4 Å². The Bertz CT molecular complexity index is 677. The average Bonchev–Trinajstić information content (AvgIpc) is 2.50. The first-order valence-electron chi connectivity index (χ1n) is 7.44. The van der Waals surface area contributed by atoms with E-state index >= 15 is 0 Å². The van der Waals surface area contributed by atoms with Gasteiger partial charge in [-0.3, -0.25) is 0 Å².